The molecule has 0 aliphatic heterocycles. The van der Waals surface area contributed by atoms with E-state index in [-0.39, 0.29) is 0 Å². The summed E-state index contributed by atoms with van der Waals surface area (Å²) < 4.78 is 0. The van der Waals surface area contributed by atoms with Gasteiger partial charge < -0.3 is 0 Å². The summed E-state index contributed by atoms with van der Waals surface area (Å²) in [6, 6.07) is 8.61. The molecule has 0 heterocycles. The molecular weight excluding hydrogens is 264 g/mol. The molecule has 1 rings (SSSR count). The van der Waals surface area contributed by atoms with Crippen LogP contribution in [0.15, 0.2) is 36.4 Å². The highest BCUT2D eigenvalue weighted by atomic mass is 13.9. The third-order valence-corrected chi connectivity index (χ3v) is 2.20. The number of benzene rings is 1. The van der Waals surface area contributed by atoms with Crippen molar-refractivity contribution in [1.29, 1.82) is 0 Å². The maximum absolute atomic E-state index is 3.56. The smallest absolute Gasteiger partial charge is 0.0307 e. The number of aryl methyl sites for hydroxylation is 2. The number of hydrogen-bond acceptors (Lipinski definition) is 0. The molecule has 0 radical (unpaired) electrons. The summed E-state index contributed by atoms with van der Waals surface area (Å²) >= 11 is 0. The van der Waals surface area contributed by atoms with Gasteiger partial charge in [0.25, 0.3) is 0 Å². The van der Waals surface area contributed by atoms with Gasteiger partial charge in [0.05, 0.1) is 0 Å². The highest BCUT2D eigenvalue weighted by Gasteiger charge is 1.85. The van der Waals surface area contributed by atoms with Crippen LogP contribution >= 0.6 is 0 Å². The predicted molar refractivity (Wildman–Crippen MR) is 107 cm³/mol. The van der Waals surface area contributed by atoms with Crippen LogP contribution in [0.25, 0.3) is 0 Å². The zero-order valence-corrected chi connectivity index (χ0v) is 16.9. The third-order valence-electron chi connectivity index (χ3n) is 2.20. The second kappa shape index (κ2) is 20.0. The summed E-state index contributed by atoms with van der Waals surface area (Å²) in [6.45, 7) is 22.7. The normalized spacial score (nSPS) is 8.64. The Hall–Kier alpha value is -1.04. The van der Waals surface area contributed by atoms with E-state index in [9.17, 15) is 0 Å². The first kappa shape index (κ1) is 25.9. The van der Waals surface area contributed by atoms with Gasteiger partial charge in [-0.05, 0) is 38.7 Å². The van der Waals surface area contributed by atoms with Gasteiger partial charge in [-0.25, -0.2) is 0 Å². The van der Waals surface area contributed by atoms with Crippen molar-refractivity contribution in [2.24, 2.45) is 5.92 Å². The van der Waals surface area contributed by atoms with Crippen LogP contribution in [-0.2, 0) is 6.42 Å². The topological polar surface area (TPSA) is 0 Å². The summed E-state index contributed by atoms with van der Waals surface area (Å²) in [6.07, 6.45) is 5.22. The Morgan fingerprint density at radius 3 is 1.59 bits per heavy atom. The quantitative estimate of drug-likeness (QED) is 0.496. The van der Waals surface area contributed by atoms with Gasteiger partial charge in [-0.3, -0.25) is 0 Å². The molecule has 0 nitrogen and oxygen atoms in total. The van der Waals surface area contributed by atoms with Crippen LogP contribution in [0.3, 0.4) is 0 Å². The summed E-state index contributed by atoms with van der Waals surface area (Å²) in [5.41, 5.74) is 3.95. The van der Waals surface area contributed by atoms with Crippen LogP contribution in [0.2, 0.25) is 0 Å². The highest BCUT2D eigenvalue weighted by molar-refractivity contribution is 5.21. The van der Waals surface area contributed by atoms with Crippen molar-refractivity contribution in [2.75, 3.05) is 0 Å². The van der Waals surface area contributed by atoms with Crippen LogP contribution in [0.5, 0.6) is 0 Å². The molecule has 0 aliphatic carbocycles. The van der Waals surface area contributed by atoms with Gasteiger partial charge in [0.15, 0.2) is 0 Å². The van der Waals surface area contributed by atoms with Crippen LogP contribution in [0.4, 0.5) is 0 Å². The van der Waals surface area contributed by atoms with Crippen molar-refractivity contribution >= 4 is 0 Å². The standard InChI is InChI=1S/C9H12.C5H12.C4H10.C4H8/c1-3-9-6-4-5-8(2)7-9;1-3-5-4-2;2*1-4(2)3/h4-7H,3H2,1-2H3;3-5H2,1-2H3;4H,1-3H3;1H2,2-3H3. The van der Waals surface area contributed by atoms with E-state index in [0.29, 0.717) is 0 Å². The summed E-state index contributed by atoms with van der Waals surface area (Å²) in [7, 11) is 0. The molecule has 0 bridgehead atoms. The summed E-state index contributed by atoms with van der Waals surface area (Å²) in [4.78, 5) is 0. The number of hydrogen-bond donors (Lipinski definition) is 0. The molecule has 0 heteroatoms. The Bertz CT molecular complexity index is 325. The van der Waals surface area contributed by atoms with Crippen LogP contribution in [-0.4, -0.2) is 0 Å². The van der Waals surface area contributed by atoms with E-state index in [1.54, 1.807) is 0 Å². The van der Waals surface area contributed by atoms with Gasteiger partial charge >= 0.3 is 0 Å². The fourth-order valence-corrected chi connectivity index (χ4v) is 1.29. The molecule has 0 saturated carbocycles. The monoisotopic (exact) mass is 306 g/mol. The van der Waals surface area contributed by atoms with E-state index < -0.39 is 0 Å². The minimum atomic E-state index is 0.833. The van der Waals surface area contributed by atoms with Crippen LogP contribution in [0.1, 0.15) is 85.8 Å². The molecule has 0 spiro atoms. The Kier molecular flexibility index (Phi) is 23.5. The largest absolute Gasteiger partial charge is 0.100 e. The Morgan fingerprint density at radius 1 is 1.00 bits per heavy atom. The first-order valence-electron chi connectivity index (χ1n) is 8.88. The van der Waals surface area contributed by atoms with Gasteiger partial charge in [-0.2, -0.15) is 0 Å². The average Bonchev–Trinajstić information content (AvgIpc) is 2.39. The minimum Gasteiger partial charge on any atom is -0.100 e. The van der Waals surface area contributed by atoms with Crippen molar-refractivity contribution in [1.82, 2.24) is 0 Å². The van der Waals surface area contributed by atoms with Gasteiger partial charge in [-0.1, -0.05) is 96.2 Å². The molecule has 0 fully saturated rings. The molecule has 0 unspecified atom stereocenters. The lowest BCUT2D eigenvalue weighted by Crippen LogP contribution is -1.78. The average molecular weight is 307 g/mol. The molecule has 1 aromatic rings. The summed E-state index contributed by atoms with van der Waals surface area (Å²) in [5.74, 6) is 0.833. The molecule has 1 aromatic carbocycles. The number of unbranched alkanes of at least 4 members (excludes halogenated alkanes) is 2. The Balaban J connectivity index is -0.000000240. The molecule has 0 aromatic heterocycles. The lowest BCUT2D eigenvalue weighted by molar-refractivity contribution is 0.737. The SMILES string of the molecule is C=C(C)C.CC(C)C.CCCCC.CCc1cccc(C)c1. The predicted octanol–water partition coefficient (Wildman–Crippen LogP) is 8.00. The van der Waals surface area contributed by atoms with E-state index in [4.69, 9.17) is 0 Å². The minimum absolute atomic E-state index is 0.833. The molecule has 0 amide bonds. The first-order valence-corrected chi connectivity index (χ1v) is 8.88. The molecule has 130 valence electrons. The fraction of sp³-hybridized carbons (Fsp3) is 0.636. The van der Waals surface area contributed by atoms with Crippen LogP contribution in [0, 0.1) is 12.8 Å². The van der Waals surface area contributed by atoms with E-state index in [1.807, 2.05) is 13.8 Å². The highest BCUT2D eigenvalue weighted by Crippen LogP contribution is 2.03. The fourth-order valence-electron chi connectivity index (χ4n) is 1.29. The van der Waals surface area contributed by atoms with Crippen molar-refractivity contribution < 1.29 is 0 Å². The van der Waals surface area contributed by atoms with Gasteiger partial charge in [-0.15, -0.1) is 6.58 Å². The first-order chi connectivity index (χ1) is 10.2. The second-order valence-electron chi connectivity index (χ2n) is 6.64. The van der Waals surface area contributed by atoms with Crippen LogP contribution < -0.4 is 0 Å². The van der Waals surface area contributed by atoms with E-state index >= 15 is 0 Å². The van der Waals surface area contributed by atoms with Crippen molar-refractivity contribution in [3.63, 3.8) is 0 Å². The maximum atomic E-state index is 3.56. The molecule has 0 aliphatic rings. The van der Waals surface area contributed by atoms with E-state index in [0.717, 1.165) is 12.3 Å². The molecule has 0 saturated heterocycles. The lowest BCUT2D eigenvalue weighted by atomic mass is 10.1. The number of rotatable bonds is 3. The van der Waals surface area contributed by atoms with Crippen molar-refractivity contribution in [3.8, 4) is 0 Å². The Morgan fingerprint density at radius 2 is 1.41 bits per heavy atom. The summed E-state index contributed by atoms with van der Waals surface area (Å²) in [5, 5.41) is 0. The van der Waals surface area contributed by atoms with E-state index in [1.165, 1.54) is 36.0 Å². The van der Waals surface area contributed by atoms with Crippen molar-refractivity contribution in [2.45, 2.75) is 88.0 Å². The zero-order valence-electron chi connectivity index (χ0n) is 16.9. The van der Waals surface area contributed by atoms with Gasteiger partial charge in [0.2, 0.25) is 0 Å². The molecule has 0 atom stereocenters. The molecule has 0 N–H and O–H groups in total. The van der Waals surface area contributed by atoms with Crippen molar-refractivity contribution in [3.05, 3.63) is 47.5 Å². The zero-order chi connectivity index (χ0) is 18.0. The number of allylic oxidation sites excluding steroid dienone is 1. The molecular formula is C22H42. The third kappa shape index (κ3) is 36.4. The van der Waals surface area contributed by atoms with E-state index in [2.05, 4.69) is 79.3 Å². The second-order valence-corrected chi connectivity index (χ2v) is 6.64. The van der Waals surface area contributed by atoms with Gasteiger partial charge in [0, 0.05) is 0 Å². The molecule has 22 heavy (non-hydrogen) atoms. The Labute approximate surface area is 142 Å². The lowest BCUT2D eigenvalue weighted by Gasteiger charge is -1.95. The van der Waals surface area contributed by atoms with Gasteiger partial charge in [0.1, 0.15) is 0 Å². The maximum Gasteiger partial charge on any atom is -0.0307 e.